The second-order valence-corrected chi connectivity index (χ2v) is 7.50. The molecular formula is C23H26N2O6. The molecular weight excluding hydrogens is 400 g/mol. The number of hydrogen-bond acceptors (Lipinski definition) is 7. The van der Waals surface area contributed by atoms with E-state index in [0.717, 1.165) is 5.56 Å². The van der Waals surface area contributed by atoms with Gasteiger partial charge in [0.15, 0.2) is 11.2 Å². The van der Waals surface area contributed by atoms with Crippen molar-refractivity contribution in [2.75, 3.05) is 24.6 Å². The van der Waals surface area contributed by atoms with Crippen molar-refractivity contribution in [3.8, 4) is 5.75 Å². The molecule has 3 aromatic rings. The van der Waals surface area contributed by atoms with E-state index in [2.05, 4.69) is 4.98 Å². The van der Waals surface area contributed by atoms with Gasteiger partial charge in [-0.2, -0.15) is 4.98 Å². The summed E-state index contributed by atoms with van der Waals surface area (Å²) in [5.41, 5.74) is 1.04. The number of carbonyl (C=O) groups excluding carboxylic acids is 1. The first-order valence-corrected chi connectivity index (χ1v) is 10.1. The summed E-state index contributed by atoms with van der Waals surface area (Å²) in [5, 5.41) is 9.19. The normalized spacial score (nSPS) is 11.3. The molecule has 1 aromatic heterocycles. The number of esters is 1. The maximum absolute atomic E-state index is 12.1. The standard InChI is InChI=1S/C23H26N2O6/c1-4-29-20(26)15-25(22-24-18-7-5-6-8-19(18)30-22)14-13-16-9-11-17(12-10-16)31-23(2,3)21(27)28/h5-12H,4,13-15H2,1-3H3,(H,27,28). The van der Waals surface area contributed by atoms with Gasteiger partial charge in [-0.05, 0) is 57.0 Å². The molecule has 8 nitrogen and oxygen atoms in total. The van der Waals surface area contributed by atoms with Crippen molar-refractivity contribution < 1.29 is 28.6 Å². The van der Waals surface area contributed by atoms with Gasteiger partial charge in [-0.25, -0.2) is 4.79 Å². The lowest BCUT2D eigenvalue weighted by Crippen LogP contribution is -2.37. The van der Waals surface area contributed by atoms with Crippen LogP contribution in [0.4, 0.5) is 6.01 Å². The molecule has 0 saturated heterocycles. The van der Waals surface area contributed by atoms with E-state index in [-0.39, 0.29) is 12.5 Å². The quantitative estimate of drug-likeness (QED) is 0.490. The molecule has 0 bridgehead atoms. The van der Waals surface area contributed by atoms with Gasteiger partial charge in [0.05, 0.1) is 6.61 Å². The highest BCUT2D eigenvalue weighted by atomic mass is 16.5. The van der Waals surface area contributed by atoms with Gasteiger partial charge >= 0.3 is 11.9 Å². The van der Waals surface area contributed by atoms with E-state index < -0.39 is 11.6 Å². The SMILES string of the molecule is CCOC(=O)CN(CCc1ccc(OC(C)(C)C(=O)O)cc1)c1nc2ccccc2o1. The van der Waals surface area contributed by atoms with Crippen LogP contribution in [0.25, 0.3) is 11.1 Å². The molecule has 0 atom stereocenters. The van der Waals surface area contributed by atoms with Crippen LogP contribution in [-0.4, -0.2) is 47.3 Å². The van der Waals surface area contributed by atoms with E-state index in [0.29, 0.717) is 42.4 Å². The molecule has 0 aliphatic carbocycles. The van der Waals surface area contributed by atoms with Crippen molar-refractivity contribution in [1.29, 1.82) is 0 Å². The zero-order valence-corrected chi connectivity index (χ0v) is 17.8. The second kappa shape index (κ2) is 9.51. The summed E-state index contributed by atoms with van der Waals surface area (Å²) in [5.74, 6) is -0.924. The minimum atomic E-state index is -1.31. The third kappa shape index (κ3) is 5.75. The number of nitrogens with zero attached hydrogens (tertiary/aromatic N) is 2. The van der Waals surface area contributed by atoms with Crippen LogP contribution in [0.5, 0.6) is 5.75 Å². The molecule has 0 unspecified atom stereocenters. The van der Waals surface area contributed by atoms with Crippen LogP contribution >= 0.6 is 0 Å². The van der Waals surface area contributed by atoms with Crippen LogP contribution in [0, 0.1) is 0 Å². The molecule has 2 aromatic carbocycles. The predicted octanol–water partition coefficient (Wildman–Crippen LogP) is 3.68. The Kier molecular flexibility index (Phi) is 6.79. The third-order valence-electron chi connectivity index (χ3n) is 4.66. The van der Waals surface area contributed by atoms with Gasteiger partial charge < -0.3 is 23.9 Å². The van der Waals surface area contributed by atoms with Crippen LogP contribution < -0.4 is 9.64 Å². The largest absolute Gasteiger partial charge is 0.478 e. The average molecular weight is 426 g/mol. The number of carbonyl (C=O) groups is 2. The van der Waals surface area contributed by atoms with Crippen LogP contribution in [-0.2, 0) is 20.7 Å². The van der Waals surface area contributed by atoms with Gasteiger partial charge in [-0.15, -0.1) is 0 Å². The minimum Gasteiger partial charge on any atom is -0.478 e. The topological polar surface area (TPSA) is 102 Å². The molecule has 0 aliphatic rings. The van der Waals surface area contributed by atoms with E-state index in [1.54, 1.807) is 24.0 Å². The molecule has 31 heavy (non-hydrogen) atoms. The molecule has 0 fully saturated rings. The molecule has 8 heteroatoms. The van der Waals surface area contributed by atoms with Crippen molar-refractivity contribution in [2.45, 2.75) is 32.8 Å². The van der Waals surface area contributed by atoms with Crippen LogP contribution in [0.1, 0.15) is 26.3 Å². The summed E-state index contributed by atoms with van der Waals surface area (Å²) in [6.07, 6.45) is 0.612. The summed E-state index contributed by atoms with van der Waals surface area (Å²) >= 11 is 0. The summed E-state index contributed by atoms with van der Waals surface area (Å²) < 4.78 is 16.4. The fourth-order valence-electron chi connectivity index (χ4n) is 2.93. The highest BCUT2D eigenvalue weighted by Crippen LogP contribution is 2.23. The summed E-state index contributed by atoms with van der Waals surface area (Å²) in [6, 6.07) is 15.0. The first kappa shape index (κ1) is 22.1. The maximum atomic E-state index is 12.1. The number of anilines is 1. The molecule has 164 valence electrons. The van der Waals surface area contributed by atoms with E-state index >= 15 is 0 Å². The molecule has 0 amide bonds. The lowest BCUT2D eigenvalue weighted by Gasteiger charge is -2.22. The molecule has 1 N–H and O–H groups in total. The number of carboxylic acids is 1. The van der Waals surface area contributed by atoms with Gasteiger partial charge in [-0.1, -0.05) is 24.3 Å². The zero-order chi connectivity index (χ0) is 22.4. The lowest BCUT2D eigenvalue weighted by atomic mass is 10.1. The lowest BCUT2D eigenvalue weighted by molar-refractivity contribution is -0.152. The van der Waals surface area contributed by atoms with Gasteiger partial charge in [0.1, 0.15) is 17.8 Å². The van der Waals surface area contributed by atoms with E-state index in [9.17, 15) is 14.7 Å². The maximum Gasteiger partial charge on any atom is 0.347 e. The van der Waals surface area contributed by atoms with Crippen LogP contribution in [0.2, 0.25) is 0 Å². The monoisotopic (exact) mass is 426 g/mol. The van der Waals surface area contributed by atoms with Crippen molar-refractivity contribution >= 4 is 29.1 Å². The second-order valence-electron chi connectivity index (χ2n) is 7.50. The van der Waals surface area contributed by atoms with Crippen LogP contribution in [0.3, 0.4) is 0 Å². The highest BCUT2D eigenvalue weighted by molar-refractivity contribution is 5.78. The van der Waals surface area contributed by atoms with Gasteiger partial charge in [0, 0.05) is 6.54 Å². The Morgan fingerprint density at radius 2 is 1.84 bits per heavy atom. The Morgan fingerprint density at radius 3 is 2.48 bits per heavy atom. The van der Waals surface area contributed by atoms with Gasteiger partial charge in [0.25, 0.3) is 6.01 Å². The number of para-hydroxylation sites is 2. The fourth-order valence-corrected chi connectivity index (χ4v) is 2.93. The first-order chi connectivity index (χ1) is 14.8. The Hall–Kier alpha value is -3.55. The van der Waals surface area contributed by atoms with E-state index in [1.807, 2.05) is 36.4 Å². The number of carboxylic acid groups (broad SMARTS) is 1. The number of hydrogen-bond donors (Lipinski definition) is 1. The third-order valence-corrected chi connectivity index (χ3v) is 4.66. The molecule has 1 heterocycles. The molecule has 0 radical (unpaired) electrons. The predicted molar refractivity (Wildman–Crippen MR) is 115 cm³/mol. The number of fused-ring (bicyclic) bond motifs is 1. The summed E-state index contributed by atoms with van der Waals surface area (Å²) in [4.78, 5) is 29.5. The highest BCUT2D eigenvalue weighted by Gasteiger charge is 2.29. The first-order valence-electron chi connectivity index (χ1n) is 10.1. The number of ether oxygens (including phenoxy) is 2. The fraction of sp³-hybridized carbons (Fsp3) is 0.348. The summed E-state index contributed by atoms with van der Waals surface area (Å²) in [7, 11) is 0. The van der Waals surface area contributed by atoms with E-state index in [4.69, 9.17) is 13.9 Å². The molecule has 0 spiro atoms. The minimum absolute atomic E-state index is 0.0225. The molecule has 0 saturated carbocycles. The van der Waals surface area contributed by atoms with Crippen molar-refractivity contribution in [3.63, 3.8) is 0 Å². The van der Waals surface area contributed by atoms with Crippen molar-refractivity contribution in [2.24, 2.45) is 0 Å². The number of benzene rings is 2. The van der Waals surface area contributed by atoms with Crippen molar-refractivity contribution in [3.05, 3.63) is 54.1 Å². The number of rotatable bonds is 10. The van der Waals surface area contributed by atoms with Crippen molar-refractivity contribution in [1.82, 2.24) is 4.98 Å². The Morgan fingerprint density at radius 1 is 1.13 bits per heavy atom. The smallest absolute Gasteiger partial charge is 0.347 e. The van der Waals surface area contributed by atoms with Gasteiger partial charge in [-0.3, -0.25) is 4.79 Å². The Balaban J connectivity index is 1.71. The number of aliphatic carboxylic acids is 1. The molecule has 3 rings (SSSR count). The van der Waals surface area contributed by atoms with Crippen LogP contribution in [0.15, 0.2) is 52.9 Å². The zero-order valence-electron chi connectivity index (χ0n) is 17.8. The van der Waals surface area contributed by atoms with E-state index in [1.165, 1.54) is 13.8 Å². The summed E-state index contributed by atoms with van der Waals surface area (Å²) in [6.45, 7) is 5.56. The van der Waals surface area contributed by atoms with Gasteiger partial charge in [0.2, 0.25) is 0 Å². The average Bonchev–Trinajstić information content (AvgIpc) is 3.16. The Labute approximate surface area is 180 Å². The number of oxazole rings is 1. The Bertz CT molecular complexity index is 1010. The number of aromatic nitrogens is 1. The molecule has 0 aliphatic heterocycles.